The first kappa shape index (κ1) is 14.7. The number of carbonyl (C=O) groups excluding carboxylic acids is 1. The summed E-state index contributed by atoms with van der Waals surface area (Å²) >= 11 is 0. The van der Waals surface area contributed by atoms with E-state index >= 15 is 0 Å². The molecule has 0 spiro atoms. The Morgan fingerprint density at radius 3 is 2.95 bits per heavy atom. The van der Waals surface area contributed by atoms with E-state index in [1.165, 1.54) is 6.07 Å². The minimum Gasteiger partial charge on any atom is -0.368 e. The van der Waals surface area contributed by atoms with Crippen LogP contribution >= 0.6 is 0 Å². The molecule has 1 aliphatic heterocycles. The first-order valence-corrected chi connectivity index (χ1v) is 7.30. The van der Waals surface area contributed by atoms with Gasteiger partial charge in [0.25, 0.3) is 0 Å². The number of hydrogen-bond acceptors (Lipinski definition) is 3. The van der Waals surface area contributed by atoms with Crippen LogP contribution in [0.15, 0.2) is 36.7 Å². The molecule has 1 N–H and O–H groups in total. The van der Waals surface area contributed by atoms with Crippen LogP contribution in [0.5, 0.6) is 0 Å². The van der Waals surface area contributed by atoms with Crippen LogP contribution in [-0.4, -0.2) is 28.2 Å². The number of rotatable bonds is 4. The molecule has 6 heteroatoms. The molecule has 0 aliphatic carbocycles. The van der Waals surface area contributed by atoms with Crippen LogP contribution in [0.1, 0.15) is 30.3 Å². The number of amides is 1. The average Bonchev–Trinajstić information content (AvgIpc) is 3.17. The van der Waals surface area contributed by atoms with E-state index < -0.39 is 12.1 Å². The lowest BCUT2D eigenvalue weighted by atomic mass is 10.0. The van der Waals surface area contributed by atoms with Crippen molar-refractivity contribution in [1.82, 2.24) is 14.9 Å². The third kappa shape index (κ3) is 2.87. The summed E-state index contributed by atoms with van der Waals surface area (Å²) in [6, 6.07) is 5.76. The molecule has 0 bridgehead atoms. The summed E-state index contributed by atoms with van der Waals surface area (Å²) < 4.78 is 21.3. The quantitative estimate of drug-likeness (QED) is 0.939. The number of halogens is 1. The minimum absolute atomic E-state index is 0.228. The number of carbonyl (C=O) groups is 1. The summed E-state index contributed by atoms with van der Waals surface area (Å²) in [5.74, 6) is -0.0201. The van der Waals surface area contributed by atoms with E-state index in [1.54, 1.807) is 35.2 Å². The van der Waals surface area contributed by atoms with Gasteiger partial charge in [0.1, 0.15) is 23.8 Å². The van der Waals surface area contributed by atoms with Gasteiger partial charge in [-0.15, -0.1) is 0 Å². The molecule has 5 nitrogen and oxygen atoms in total. The van der Waals surface area contributed by atoms with E-state index in [2.05, 4.69) is 10.3 Å². The second-order valence-electron chi connectivity index (χ2n) is 5.36. The molecule has 1 aliphatic rings. The van der Waals surface area contributed by atoms with Gasteiger partial charge < -0.3 is 14.6 Å². The first-order chi connectivity index (χ1) is 10.7. The molecule has 1 fully saturated rings. The van der Waals surface area contributed by atoms with Crippen LogP contribution in [0, 0.1) is 5.82 Å². The van der Waals surface area contributed by atoms with Crippen molar-refractivity contribution < 1.29 is 13.9 Å². The molecule has 0 unspecified atom stereocenters. The fourth-order valence-corrected chi connectivity index (χ4v) is 2.67. The van der Waals surface area contributed by atoms with Gasteiger partial charge >= 0.3 is 0 Å². The number of benzene rings is 1. The summed E-state index contributed by atoms with van der Waals surface area (Å²) in [6.07, 6.45) is 4.49. The number of nitrogens with one attached hydrogen (secondary N) is 1. The predicted molar refractivity (Wildman–Crippen MR) is 78.6 cm³/mol. The third-order valence-electron chi connectivity index (χ3n) is 3.84. The van der Waals surface area contributed by atoms with Gasteiger partial charge in [0.05, 0.1) is 0 Å². The normalized spacial score (nSPS) is 19.1. The number of imidazole rings is 1. The largest absolute Gasteiger partial charge is 0.368 e. The van der Waals surface area contributed by atoms with Crippen LogP contribution in [0.4, 0.5) is 4.39 Å². The van der Waals surface area contributed by atoms with Gasteiger partial charge in [-0.25, -0.2) is 9.37 Å². The van der Waals surface area contributed by atoms with E-state index in [9.17, 15) is 9.18 Å². The van der Waals surface area contributed by atoms with Crippen molar-refractivity contribution in [3.05, 3.63) is 53.9 Å². The molecule has 1 saturated heterocycles. The fraction of sp³-hybridized carbons (Fsp3) is 0.375. The maximum absolute atomic E-state index is 14.2. The molecular weight excluding hydrogens is 285 g/mol. The molecule has 0 radical (unpaired) electrons. The van der Waals surface area contributed by atoms with Crippen molar-refractivity contribution >= 4 is 5.91 Å². The van der Waals surface area contributed by atoms with Gasteiger partial charge in [0.15, 0.2) is 0 Å². The van der Waals surface area contributed by atoms with Gasteiger partial charge in [-0.05, 0) is 18.9 Å². The maximum Gasteiger partial charge on any atom is 0.249 e. The Balaban J connectivity index is 1.91. The molecule has 2 heterocycles. The lowest BCUT2D eigenvalue weighted by Gasteiger charge is -2.21. The predicted octanol–water partition coefficient (Wildman–Crippen LogP) is 1.94. The highest BCUT2D eigenvalue weighted by Gasteiger charge is 2.29. The van der Waals surface area contributed by atoms with Crippen LogP contribution in [-0.2, 0) is 16.6 Å². The number of aromatic nitrogens is 2. The Bertz CT molecular complexity index is 665. The van der Waals surface area contributed by atoms with Crippen molar-refractivity contribution in [2.24, 2.45) is 7.05 Å². The Morgan fingerprint density at radius 1 is 1.50 bits per heavy atom. The summed E-state index contributed by atoms with van der Waals surface area (Å²) in [7, 11) is 1.81. The molecule has 2 atom stereocenters. The second kappa shape index (κ2) is 6.27. The fourth-order valence-electron chi connectivity index (χ4n) is 2.67. The molecule has 0 saturated carbocycles. The zero-order valence-corrected chi connectivity index (χ0v) is 12.3. The molecule has 2 aromatic rings. The SMILES string of the molecule is Cn1ccnc1[C@@H](NC(=O)[C@@H]1CCCO1)c1ccccc1F. The summed E-state index contributed by atoms with van der Waals surface area (Å²) in [6.45, 7) is 0.588. The van der Waals surface area contributed by atoms with Crippen molar-refractivity contribution in [3.63, 3.8) is 0 Å². The average molecular weight is 303 g/mol. The minimum atomic E-state index is -0.641. The third-order valence-corrected chi connectivity index (χ3v) is 3.84. The van der Waals surface area contributed by atoms with Gasteiger partial charge in [-0.2, -0.15) is 0 Å². The lowest BCUT2D eigenvalue weighted by molar-refractivity contribution is -0.130. The van der Waals surface area contributed by atoms with E-state index in [-0.39, 0.29) is 11.7 Å². The molecule has 1 amide bonds. The van der Waals surface area contributed by atoms with Gasteiger partial charge in [0, 0.05) is 31.6 Å². The zero-order chi connectivity index (χ0) is 15.5. The Kier molecular flexibility index (Phi) is 4.20. The highest BCUT2D eigenvalue weighted by molar-refractivity contribution is 5.81. The standard InChI is InChI=1S/C16H18FN3O2/c1-20-9-8-18-15(20)14(11-5-2-3-6-12(11)17)19-16(21)13-7-4-10-22-13/h2-3,5-6,8-9,13-14H,4,7,10H2,1H3,(H,19,21)/t13-,14-/m0/s1. The van der Waals surface area contributed by atoms with Crippen molar-refractivity contribution in [3.8, 4) is 0 Å². The first-order valence-electron chi connectivity index (χ1n) is 7.30. The molecule has 1 aromatic heterocycles. The molecular formula is C16H18FN3O2. The van der Waals surface area contributed by atoms with Gasteiger partial charge in [-0.1, -0.05) is 18.2 Å². The Hall–Kier alpha value is -2.21. The summed E-state index contributed by atoms with van der Waals surface area (Å²) in [4.78, 5) is 16.6. The molecule has 116 valence electrons. The van der Waals surface area contributed by atoms with Crippen LogP contribution < -0.4 is 5.32 Å². The second-order valence-corrected chi connectivity index (χ2v) is 5.36. The summed E-state index contributed by atoms with van der Waals surface area (Å²) in [5, 5.41) is 2.87. The number of aryl methyl sites for hydroxylation is 1. The number of hydrogen-bond donors (Lipinski definition) is 1. The zero-order valence-electron chi connectivity index (χ0n) is 12.3. The van der Waals surface area contributed by atoms with Gasteiger partial charge in [0.2, 0.25) is 5.91 Å². The maximum atomic E-state index is 14.2. The molecule has 22 heavy (non-hydrogen) atoms. The van der Waals surface area contributed by atoms with Crippen LogP contribution in [0.2, 0.25) is 0 Å². The monoisotopic (exact) mass is 303 g/mol. The molecule has 1 aromatic carbocycles. The van der Waals surface area contributed by atoms with Crippen molar-refractivity contribution in [2.75, 3.05) is 6.61 Å². The van der Waals surface area contributed by atoms with E-state index in [0.29, 0.717) is 24.4 Å². The Labute approximate surface area is 128 Å². The molecule has 3 rings (SSSR count). The highest BCUT2D eigenvalue weighted by Crippen LogP contribution is 2.24. The summed E-state index contributed by atoms with van der Waals surface area (Å²) in [5.41, 5.74) is 0.392. The lowest BCUT2D eigenvalue weighted by Crippen LogP contribution is -2.38. The highest BCUT2D eigenvalue weighted by atomic mass is 19.1. The van der Waals surface area contributed by atoms with Crippen LogP contribution in [0.3, 0.4) is 0 Å². The Morgan fingerprint density at radius 2 is 2.32 bits per heavy atom. The van der Waals surface area contributed by atoms with Crippen molar-refractivity contribution in [2.45, 2.75) is 25.0 Å². The van der Waals surface area contributed by atoms with Crippen LogP contribution in [0.25, 0.3) is 0 Å². The number of ether oxygens (including phenoxy) is 1. The number of nitrogens with zero attached hydrogens (tertiary/aromatic N) is 2. The van der Waals surface area contributed by atoms with E-state index in [0.717, 1.165) is 6.42 Å². The smallest absolute Gasteiger partial charge is 0.249 e. The van der Waals surface area contributed by atoms with Gasteiger partial charge in [-0.3, -0.25) is 4.79 Å². The topological polar surface area (TPSA) is 56.2 Å². The van der Waals surface area contributed by atoms with E-state index in [4.69, 9.17) is 4.74 Å². The van der Waals surface area contributed by atoms with Crippen molar-refractivity contribution in [1.29, 1.82) is 0 Å². The van der Waals surface area contributed by atoms with E-state index in [1.807, 2.05) is 7.05 Å².